The third-order valence-electron chi connectivity index (χ3n) is 4.61. The number of imidazole rings is 1. The summed E-state index contributed by atoms with van der Waals surface area (Å²) in [4.78, 5) is 9.49. The second-order valence-electron chi connectivity index (χ2n) is 6.66. The average molecular weight is 361 g/mol. The molecular formula is C19H18F3N3O. The molecule has 0 spiro atoms. The number of fused-ring (bicyclic) bond motifs is 2. The Morgan fingerprint density at radius 1 is 1.23 bits per heavy atom. The maximum Gasteiger partial charge on any atom is 0.416 e. The number of halogens is 3. The van der Waals surface area contributed by atoms with Gasteiger partial charge in [-0.15, -0.1) is 0 Å². The molecule has 1 aliphatic heterocycles. The third-order valence-corrected chi connectivity index (χ3v) is 4.61. The maximum absolute atomic E-state index is 12.8. The van der Waals surface area contributed by atoms with E-state index >= 15 is 0 Å². The van der Waals surface area contributed by atoms with Crippen molar-refractivity contribution in [1.29, 1.82) is 0 Å². The molecule has 136 valence electrons. The number of ether oxygens (including phenoxy) is 1. The highest BCUT2D eigenvalue weighted by Gasteiger charge is 2.31. The second kappa shape index (κ2) is 6.32. The zero-order valence-electron chi connectivity index (χ0n) is 14.2. The van der Waals surface area contributed by atoms with Crippen LogP contribution in [0.4, 0.5) is 13.2 Å². The van der Waals surface area contributed by atoms with Crippen LogP contribution in [0.1, 0.15) is 22.9 Å². The quantitative estimate of drug-likeness (QED) is 0.758. The molecule has 1 atom stereocenters. The molecule has 0 bridgehead atoms. The summed E-state index contributed by atoms with van der Waals surface area (Å²) in [5, 5.41) is 0. The fourth-order valence-corrected chi connectivity index (χ4v) is 3.39. The largest absolute Gasteiger partial charge is 0.493 e. The minimum absolute atomic E-state index is 0.275. The van der Waals surface area contributed by atoms with Gasteiger partial charge in [-0.3, -0.25) is 4.90 Å². The monoisotopic (exact) mass is 361 g/mol. The van der Waals surface area contributed by atoms with Gasteiger partial charge in [-0.2, -0.15) is 13.2 Å². The lowest BCUT2D eigenvalue weighted by Crippen LogP contribution is -2.25. The summed E-state index contributed by atoms with van der Waals surface area (Å²) in [6.07, 6.45) is -4.36. The Bertz CT molecular complexity index is 935. The smallest absolute Gasteiger partial charge is 0.416 e. The molecule has 1 aromatic heterocycles. The van der Waals surface area contributed by atoms with Crippen LogP contribution in [-0.2, 0) is 12.7 Å². The Hall–Kier alpha value is -2.54. The van der Waals surface area contributed by atoms with E-state index in [9.17, 15) is 13.2 Å². The van der Waals surface area contributed by atoms with Gasteiger partial charge in [0.25, 0.3) is 0 Å². The number of nitrogens with zero attached hydrogens (tertiary/aromatic N) is 2. The Morgan fingerprint density at radius 3 is 2.85 bits per heavy atom. The highest BCUT2D eigenvalue weighted by atomic mass is 19.4. The SMILES string of the molecule is CN(Cc1nc2ccc(C(F)(F)F)cc2[nH]1)CC1COc2ccccc21. The van der Waals surface area contributed by atoms with E-state index in [1.807, 2.05) is 25.2 Å². The predicted molar refractivity (Wildman–Crippen MR) is 92.1 cm³/mol. The Balaban J connectivity index is 1.47. The first kappa shape index (κ1) is 16.9. The van der Waals surface area contributed by atoms with Gasteiger partial charge in [0.1, 0.15) is 11.6 Å². The molecular weight excluding hydrogens is 343 g/mol. The van der Waals surface area contributed by atoms with E-state index in [0.717, 1.165) is 24.4 Å². The summed E-state index contributed by atoms with van der Waals surface area (Å²) in [5.74, 6) is 1.85. The van der Waals surface area contributed by atoms with Crippen molar-refractivity contribution in [3.63, 3.8) is 0 Å². The molecule has 0 aliphatic carbocycles. The Labute approximate surface area is 148 Å². The van der Waals surface area contributed by atoms with Gasteiger partial charge < -0.3 is 9.72 Å². The van der Waals surface area contributed by atoms with Gasteiger partial charge in [-0.1, -0.05) is 18.2 Å². The van der Waals surface area contributed by atoms with Crippen LogP contribution in [-0.4, -0.2) is 35.1 Å². The number of aromatic nitrogens is 2. The number of benzene rings is 2. The summed E-state index contributed by atoms with van der Waals surface area (Å²) in [6, 6.07) is 11.6. The number of H-pyrrole nitrogens is 1. The number of rotatable bonds is 4. The van der Waals surface area contributed by atoms with Crippen LogP contribution in [0.25, 0.3) is 11.0 Å². The molecule has 0 radical (unpaired) electrons. The summed E-state index contributed by atoms with van der Waals surface area (Å²) in [7, 11) is 1.97. The van der Waals surface area contributed by atoms with Crippen LogP contribution in [0.15, 0.2) is 42.5 Å². The molecule has 1 aliphatic rings. The van der Waals surface area contributed by atoms with Crippen molar-refractivity contribution < 1.29 is 17.9 Å². The lowest BCUT2D eigenvalue weighted by molar-refractivity contribution is -0.137. The van der Waals surface area contributed by atoms with E-state index in [-0.39, 0.29) is 5.92 Å². The highest BCUT2D eigenvalue weighted by molar-refractivity contribution is 5.76. The number of likely N-dealkylation sites (N-methyl/N-ethyl adjacent to an activating group) is 1. The van der Waals surface area contributed by atoms with Crippen LogP contribution in [0, 0.1) is 0 Å². The fourth-order valence-electron chi connectivity index (χ4n) is 3.39. The topological polar surface area (TPSA) is 41.2 Å². The summed E-state index contributed by atoms with van der Waals surface area (Å²) in [6.45, 7) is 1.94. The van der Waals surface area contributed by atoms with E-state index in [1.165, 1.54) is 11.6 Å². The lowest BCUT2D eigenvalue weighted by atomic mass is 10.0. The molecule has 1 N–H and O–H groups in total. The minimum Gasteiger partial charge on any atom is -0.493 e. The number of hydrogen-bond acceptors (Lipinski definition) is 3. The van der Waals surface area contributed by atoms with Gasteiger partial charge in [-0.25, -0.2) is 4.98 Å². The highest BCUT2D eigenvalue weighted by Crippen LogP contribution is 2.34. The Kier molecular flexibility index (Phi) is 4.11. The average Bonchev–Trinajstić information content (AvgIpc) is 3.17. The van der Waals surface area contributed by atoms with E-state index < -0.39 is 11.7 Å². The third kappa shape index (κ3) is 3.26. The first-order chi connectivity index (χ1) is 12.4. The predicted octanol–water partition coefficient (Wildman–Crippen LogP) is 4.19. The molecule has 0 saturated heterocycles. The number of aromatic amines is 1. The fraction of sp³-hybridized carbons (Fsp3) is 0.316. The van der Waals surface area contributed by atoms with Gasteiger partial charge in [0.05, 0.1) is 29.7 Å². The molecule has 2 heterocycles. The first-order valence-electron chi connectivity index (χ1n) is 8.36. The molecule has 3 aromatic rings. The molecule has 1 unspecified atom stereocenters. The summed E-state index contributed by atoms with van der Waals surface area (Å²) < 4.78 is 44.2. The summed E-state index contributed by atoms with van der Waals surface area (Å²) >= 11 is 0. The van der Waals surface area contributed by atoms with E-state index in [4.69, 9.17) is 4.74 Å². The van der Waals surface area contributed by atoms with Gasteiger partial charge >= 0.3 is 6.18 Å². The van der Waals surface area contributed by atoms with Crippen LogP contribution >= 0.6 is 0 Å². The van der Waals surface area contributed by atoms with Gasteiger partial charge in [0.2, 0.25) is 0 Å². The van der Waals surface area contributed by atoms with Crippen molar-refractivity contribution in [2.75, 3.05) is 20.2 Å². The number of hydrogen-bond donors (Lipinski definition) is 1. The second-order valence-corrected chi connectivity index (χ2v) is 6.66. The van der Waals surface area contributed by atoms with Crippen molar-refractivity contribution >= 4 is 11.0 Å². The van der Waals surface area contributed by atoms with E-state index in [0.29, 0.717) is 30.0 Å². The molecule has 4 rings (SSSR count). The zero-order chi connectivity index (χ0) is 18.3. The van der Waals surface area contributed by atoms with Crippen LogP contribution in [0.2, 0.25) is 0 Å². The van der Waals surface area contributed by atoms with Crippen LogP contribution < -0.4 is 4.74 Å². The van der Waals surface area contributed by atoms with Crippen LogP contribution in [0.5, 0.6) is 5.75 Å². The standard InChI is InChI=1S/C19H18F3N3O/c1-25(9-12-11-26-17-5-3-2-4-14(12)17)10-18-23-15-7-6-13(19(20,21)22)8-16(15)24-18/h2-8,12H,9-11H2,1H3,(H,23,24). The van der Waals surface area contributed by atoms with Crippen molar-refractivity contribution in [1.82, 2.24) is 14.9 Å². The normalized spacial score (nSPS) is 16.9. The molecule has 0 amide bonds. The molecule has 0 saturated carbocycles. The lowest BCUT2D eigenvalue weighted by Gasteiger charge is -2.19. The number of alkyl halides is 3. The van der Waals surface area contributed by atoms with Crippen molar-refractivity contribution in [3.8, 4) is 5.75 Å². The molecule has 4 nitrogen and oxygen atoms in total. The van der Waals surface area contributed by atoms with E-state index in [2.05, 4.69) is 20.9 Å². The maximum atomic E-state index is 12.8. The van der Waals surface area contributed by atoms with E-state index in [1.54, 1.807) is 0 Å². The Morgan fingerprint density at radius 2 is 2.04 bits per heavy atom. The summed E-state index contributed by atoms with van der Waals surface area (Å²) in [5.41, 5.74) is 1.46. The molecule has 2 aromatic carbocycles. The molecule has 0 fully saturated rings. The van der Waals surface area contributed by atoms with Gasteiger partial charge in [0.15, 0.2) is 0 Å². The van der Waals surface area contributed by atoms with Crippen molar-refractivity contribution in [3.05, 3.63) is 59.4 Å². The van der Waals surface area contributed by atoms with Gasteiger partial charge in [0, 0.05) is 18.0 Å². The van der Waals surface area contributed by atoms with Crippen molar-refractivity contribution in [2.45, 2.75) is 18.6 Å². The molecule has 7 heteroatoms. The van der Waals surface area contributed by atoms with Crippen molar-refractivity contribution in [2.24, 2.45) is 0 Å². The van der Waals surface area contributed by atoms with Crippen LogP contribution in [0.3, 0.4) is 0 Å². The van der Waals surface area contributed by atoms with Gasteiger partial charge in [-0.05, 0) is 31.3 Å². The number of para-hydroxylation sites is 1. The number of nitrogens with one attached hydrogen (secondary N) is 1. The zero-order valence-corrected chi connectivity index (χ0v) is 14.2. The molecule has 26 heavy (non-hydrogen) atoms. The minimum atomic E-state index is -4.36. The first-order valence-corrected chi connectivity index (χ1v) is 8.36.